The van der Waals surface area contributed by atoms with Gasteiger partial charge in [0.2, 0.25) is 0 Å². The molecule has 2 rings (SSSR count). The average molecular weight is 334 g/mol. The third kappa shape index (κ3) is 2.64. The summed E-state index contributed by atoms with van der Waals surface area (Å²) in [5, 5.41) is 0.667. The normalized spacial score (nSPS) is 11.1. The van der Waals surface area contributed by atoms with Crippen molar-refractivity contribution >= 4 is 34.8 Å². The second-order valence-corrected chi connectivity index (χ2v) is 5.74. The number of aromatic nitrogens is 2. The van der Waals surface area contributed by atoms with Gasteiger partial charge < -0.3 is 0 Å². The van der Waals surface area contributed by atoms with Crippen molar-refractivity contribution in [1.29, 1.82) is 0 Å². The zero-order valence-electron chi connectivity index (χ0n) is 10.7. The molecule has 1 heterocycles. The van der Waals surface area contributed by atoms with Gasteiger partial charge in [0.15, 0.2) is 0 Å². The lowest BCUT2D eigenvalue weighted by Gasteiger charge is -2.11. The lowest BCUT2D eigenvalue weighted by atomic mass is 10.1. The molecule has 106 valence electrons. The maximum atomic E-state index is 12.4. The van der Waals surface area contributed by atoms with Crippen LogP contribution in [0.4, 0.5) is 0 Å². The second kappa shape index (κ2) is 5.64. The second-order valence-electron chi connectivity index (χ2n) is 4.55. The highest BCUT2D eigenvalue weighted by atomic mass is 35.5. The maximum Gasteiger partial charge on any atom is 0.334 e. The van der Waals surface area contributed by atoms with Crippen LogP contribution in [0.25, 0.3) is 5.69 Å². The molecule has 0 radical (unpaired) electrons. The summed E-state index contributed by atoms with van der Waals surface area (Å²) in [6, 6.07) is 4.52. The molecule has 0 spiro atoms. The summed E-state index contributed by atoms with van der Waals surface area (Å²) in [7, 11) is 0. The fourth-order valence-corrected chi connectivity index (χ4v) is 2.55. The molecular formula is C13H11Cl3N2O2. The Morgan fingerprint density at radius 1 is 1.10 bits per heavy atom. The van der Waals surface area contributed by atoms with E-state index in [4.69, 9.17) is 34.8 Å². The van der Waals surface area contributed by atoms with Crippen LogP contribution in [0, 0.1) is 0 Å². The van der Waals surface area contributed by atoms with E-state index >= 15 is 0 Å². The maximum absolute atomic E-state index is 12.4. The zero-order valence-corrected chi connectivity index (χ0v) is 13.0. The molecule has 0 bridgehead atoms. The average Bonchev–Trinajstić information content (AvgIpc) is 2.32. The van der Waals surface area contributed by atoms with Crippen LogP contribution in [0.2, 0.25) is 15.2 Å². The lowest BCUT2D eigenvalue weighted by Crippen LogP contribution is -2.36. The van der Waals surface area contributed by atoms with Crippen LogP contribution in [0.5, 0.6) is 0 Å². The molecule has 0 atom stereocenters. The molecule has 0 aliphatic rings. The van der Waals surface area contributed by atoms with Gasteiger partial charge in [-0.2, -0.15) is 0 Å². The molecular weight excluding hydrogens is 323 g/mol. The van der Waals surface area contributed by atoms with Crippen molar-refractivity contribution in [2.45, 2.75) is 19.8 Å². The van der Waals surface area contributed by atoms with Crippen LogP contribution in [0.15, 0.2) is 27.8 Å². The van der Waals surface area contributed by atoms with E-state index in [0.717, 1.165) is 4.57 Å². The highest BCUT2D eigenvalue weighted by molar-refractivity contribution is 6.42. The Morgan fingerprint density at radius 3 is 2.30 bits per heavy atom. The molecule has 4 nitrogen and oxygen atoms in total. The van der Waals surface area contributed by atoms with Gasteiger partial charge in [-0.3, -0.25) is 9.78 Å². The van der Waals surface area contributed by atoms with Gasteiger partial charge in [0.25, 0.3) is 5.56 Å². The summed E-state index contributed by atoms with van der Waals surface area (Å²) in [6.45, 7) is 3.64. The summed E-state index contributed by atoms with van der Waals surface area (Å²) in [5.41, 5.74) is -0.406. The summed E-state index contributed by atoms with van der Waals surface area (Å²) >= 11 is 17.7. The van der Waals surface area contributed by atoms with Crippen LogP contribution >= 0.6 is 34.8 Å². The summed E-state index contributed by atoms with van der Waals surface area (Å²) in [5.74, 6) is -0.124. The highest BCUT2D eigenvalue weighted by Gasteiger charge is 2.17. The van der Waals surface area contributed by atoms with Crippen LogP contribution in [0.3, 0.4) is 0 Å². The largest absolute Gasteiger partial charge is 0.334 e. The van der Waals surface area contributed by atoms with Gasteiger partial charge >= 0.3 is 5.69 Å². The minimum absolute atomic E-state index is 0.0614. The van der Waals surface area contributed by atoms with E-state index in [0.29, 0.717) is 16.3 Å². The molecule has 20 heavy (non-hydrogen) atoms. The molecule has 0 saturated heterocycles. The first-order chi connectivity index (χ1) is 9.32. The molecule has 0 aliphatic carbocycles. The molecule has 1 aromatic heterocycles. The molecule has 0 fully saturated rings. The van der Waals surface area contributed by atoms with E-state index in [1.807, 2.05) is 13.8 Å². The number of aromatic amines is 1. The SMILES string of the molecule is CC(C)c1c(Cl)[nH]c(=O)n(-c2ccc(Cl)c(Cl)c2)c1=O. The standard InChI is InChI=1S/C13H11Cl3N2O2/c1-6(2)10-11(16)17-13(20)18(12(10)19)7-3-4-8(14)9(15)5-7/h3-6H,1-2H3,(H,17,20). The van der Waals surface area contributed by atoms with E-state index in [9.17, 15) is 9.59 Å². The quantitative estimate of drug-likeness (QED) is 0.854. The van der Waals surface area contributed by atoms with E-state index < -0.39 is 11.2 Å². The van der Waals surface area contributed by atoms with Gasteiger partial charge in [0, 0.05) is 0 Å². The Hall–Kier alpha value is -1.23. The summed E-state index contributed by atoms with van der Waals surface area (Å²) < 4.78 is 0.990. The number of hydrogen-bond acceptors (Lipinski definition) is 2. The smallest absolute Gasteiger partial charge is 0.297 e. The monoisotopic (exact) mass is 332 g/mol. The van der Waals surface area contributed by atoms with Gasteiger partial charge in [-0.15, -0.1) is 0 Å². The fraction of sp³-hybridized carbons (Fsp3) is 0.231. The molecule has 0 amide bonds. The molecule has 0 saturated carbocycles. The first-order valence-electron chi connectivity index (χ1n) is 5.83. The van der Waals surface area contributed by atoms with Gasteiger partial charge in [0.05, 0.1) is 21.3 Å². The molecule has 1 aromatic carbocycles. The van der Waals surface area contributed by atoms with Crippen LogP contribution < -0.4 is 11.2 Å². The zero-order chi connectivity index (χ0) is 15.0. The minimum atomic E-state index is -0.622. The predicted molar refractivity (Wildman–Crippen MR) is 81.8 cm³/mol. The molecule has 0 aliphatic heterocycles. The van der Waals surface area contributed by atoms with E-state index in [1.165, 1.54) is 12.1 Å². The third-order valence-electron chi connectivity index (χ3n) is 2.83. The van der Waals surface area contributed by atoms with E-state index in [1.54, 1.807) is 6.07 Å². The Kier molecular flexibility index (Phi) is 4.28. The molecule has 1 N–H and O–H groups in total. The molecule has 0 unspecified atom stereocenters. The number of hydrogen-bond donors (Lipinski definition) is 1. The number of nitrogens with one attached hydrogen (secondary N) is 1. The van der Waals surface area contributed by atoms with Crippen molar-refractivity contribution in [1.82, 2.24) is 9.55 Å². The number of halogens is 3. The number of H-pyrrole nitrogens is 1. The molecule has 2 aromatic rings. The van der Waals surface area contributed by atoms with E-state index in [-0.39, 0.29) is 16.1 Å². The molecule has 7 heteroatoms. The van der Waals surface area contributed by atoms with Crippen LogP contribution in [-0.4, -0.2) is 9.55 Å². The topological polar surface area (TPSA) is 54.9 Å². The van der Waals surface area contributed by atoms with Crippen molar-refractivity contribution in [2.24, 2.45) is 0 Å². The first-order valence-corrected chi connectivity index (χ1v) is 6.96. The summed E-state index contributed by atoms with van der Waals surface area (Å²) in [4.78, 5) is 26.9. The van der Waals surface area contributed by atoms with Gasteiger partial charge in [-0.05, 0) is 24.1 Å². The highest BCUT2D eigenvalue weighted by Crippen LogP contribution is 2.24. The van der Waals surface area contributed by atoms with Crippen molar-refractivity contribution in [3.8, 4) is 5.69 Å². The van der Waals surface area contributed by atoms with Crippen LogP contribution in [0.1, 0.15) is 25.3 Å². The van der Waals surface area contributed by atoms with Crippen molar-refractivity contribution in [3.05, 3.63) is 59.8 Å². The Bertz CT molecular complexity index is 778. The third-order valence-corrected chi connectivity index (χ3v) is 3.87. The number of nitrogens with zero attached hydrogens (tertiary/aromatic N) is 1. The Balaban J connectivity index is 2.81. The minimum Gasteiger partial charge on any atom is -0.297 e. The van der Waals surface area contributed by atoms with Crippen molar-refractivity contribution < 1.29 is 0 Å². The number of benzene rings is 1. The Morgan fingerprint density at radius 2 is 1.75 bits per heavy atom. The van der Waals surface area contributed by atoms with Crippen molar-refractivity contribution in [3.63, 3.8) is 0 Å². The lowest BCUT2D eigenvalue weighted by molar-refractivity contribution is 0.777. The number of rotatable bonds is 2. The predicted octanol–water partition coefficient (Wildman–Crippen LogP) is 3.61. The first kappa shape index (κ1) is 15.2. The van der Waals surface area contributed by atoms with Gasteiger partial charge in [0.1, 0.15) is 5.15 Å². The van der Waals surface area contributed by atoms with Crippen LogP contribution in [-0.2, 0) is 0 Å². The summed E-state index contributed by atoms with van der Waals surface area (Å²) in [6.07, 6.45) is 0. The van der Waals surface area contributed by atoms with E-state index in [2.05, 4.69) is 4.98 Å². The van der Waals surface area contributed by atoms with Gasteiger partial charge in [-0.1, -0.05) is 48.7 Å². The fourth-order valence-electron chi connectivity index (χ4n) is 1.88. The van der Waals surface area contributed by atoms with Gasteiger partial charge in [-0.25, -0.2) is 9.36 Å². The van der Waals surface area contributed by atoms with Crippen molar-refractivity contribution in [2.75, 3.05) is 0 Å². The Labute approximate surface area is 129 Å².